The lowest BCUT2D eigenvalue weighted by atomic mass is 10.0. The van der Waals surface area contributed by atoms with Gasteiger partial charge in [0.1, 0.15) is 5.75 Å². The number of rotatable bonds is 30. The topological polar surface area (TPSA) is 65.0 Å². The highest BCUT2D eigenvalue weighted by molar-refractivity contribution is 9.11. The Bertz CT molecular complexity index is 1970. The van der Waals surface area contributed by atoms with Crippen molar-refractivity contribution in [2.75, 3.05) is 6.61 Å². The number of hydrogen-bond acceptors (Lipinski definition) is 5. The summed E-state index contributed by atoms with van der Waals surface area (Å²) in [6.45, 7) is 36.0. The Hall–Kier alpha value is -2.75. The number of hydrogen-bond donors (Lipinski definition) is 1. The van der Waals surface area contributed by atoms with Gasteiger partial charge in [0, 0.05) is 10.1 Å². The molecule has 0 aromatic heterocycles. The number of carbonyl (C=O) groups is 1. The minimum absolute atomic E-state index is 0.192. The van der Waals surface area contributed by atoms with Crippen LogP contribution in [0.5, 0.6) is 5.75 Å². The summed E-state index contributed by atoms with van der Waals surface area (Å²) < 4.78 is 15.0. The van der Waals surface area contributed by atoms with Crippen LogP contribution in [0.2, 0.25) is 10.1 Å². The highest BCUT2D eigenvalue weighted by atomic mass is 79.9. The summed E-state index contributed by atoms with van der Waals surface area (Å²) in [7, 11) is -3.03. The lowest BCUT2D eigenvalue weighted by molar-refractivity contribution is -0.182. The average molecular weight is 1080 g/mol. The van der Waals surface area contributed by atoms with Crippen molar-refractivity contribution in [2.24, 2.45) is 0 Å². The molecule has 0 bridgehead atoms. The first-order valence-electron chi connectivity index (χ1n) is 25.4. The van der Waals surface area contributed by atoms with Gasteiger partial charge in [-0.1, -0.05) is 146 Å². The first-order valence-corrected chi connectivity index (χ1v) is 28.8. The third-order valence-electron chi connectivity index (χ3n) is 12.6. The second-order valence-corrected chi connectivity index (χ2v) is 28.1. The molecule has 0 aliphatic heterocycles. The van der Waals surface area contributed by atoms with E-state index in [1.165, 1.54) is 63.0 Å². The molecule has 0 aliphatic carbocycles. The van der Waals surface area contributed by atoms with E-state index in [9.17, 15) is 4.79 Å². The molecule has 1 aromatic carbocycles. The van der Waals surface area contributed by atoms with Crippen LogP contribution in [0.15, 0.2) is 126 Å². The first-order chi connectivity index (χ1) is 31.8. The van der Waals surface area contributed by atoms with Crippen molar-refractivity contribution in [3.05, 3.63) is 131 Å². The van der Waals surface area contributed by atoms with E-state index >= 15 is 0 Å². The van der Waals surface area contributed by atoms with Gasteiger partial charge in [-0.05, 0) is 216 Å². The summed E-state index contributed by atoms with van der Waals surface area (Å²) in [5.41, 5.74) is 13.4. The summed E-state index contributed by atoms with van der Waals surface area (Å²) in [5.74, 6) is -0.286. The molecule has 0 atom stereocenters. The van der Waals surface area contributed by atoms with Gasteiger partial charge in [-0.2, -0.15) is 5.26 Å². The van der Waals surface area contributed by atoms with E-state index in [4.69, 9.17) is 14.1 Å². The molecule has 68 heavy (non-hydrogen) atoms. The Morgan fingerprint density at radius 2 is 0.750 bits per heavy atom. The molecule has 0 fully saturated rings. The molecule has 0 aliphatic rings. The Morgan fingerprint density at radius 1 is 0.485 bits per heavy atom. The largest absolute Gasteiger partial charge is 0.518 e. The Balaban J connectivity index is 2.51. The molecular weight excluding hydrogens is 989 g/mol. The van der Waals surface area contributed by atoms with Gasteiger partial charge in [-0.15, -0.1) is 0 Å². The molecule has 0 amide bonds. The molecule has 0 saturated carbocycles. The van der Waals surface area contributed by atoms with E-state index in [-0.39, 0.29) is 15.6 Å². The van der Waals surface area contributed by atoms with Crippen LogP contribution in [-0.4, -0.2) is 26.4 Å². The SMILES string of the molecule is CC(C)=CCC/C(C)=C/CC/C(C)=C/CC/C(C)=C/CC/C(C)=C/CC/C(C)=C/CC/C(C)=C/CC/C(C)=C/CC/C(C)=C/CO[Si](Oc1c(Br)cc(C(=O)OO)cc1Br)(C(C)(C)C)C(C)(C)C. The maximum absolute atomic E-state index is 12.0. The van der Waals surface area contributed by atoms with Gasteiger partial charge in [0.15, 0.2) is 0 Å². The summed E-state index contributed by atoms with van der Waals surface area (Å²) in [6, 6.07) is 3.17. The molecule has 1 N–H and O–H groups in total. The molecule has 0 unspecified atom stereocenters. The second kappa shape index (κ2) is 33.0. The Morgan fingerprint density at radius 3 is 1.00 bits per heavy atom. The maximum Gasteiger partial charge on any atom is 0.410 e. The van der Waals surface area contributed by atoms with Crippen LogP contribution in [0.25, 0.3) is 0 Å². The zero-order valence-corrected chi connectivity index (χ0v) is 49.9. The van der Waals surface area contributed by atoms with E-state index < -0.39 is 14.5 Å². The number of carbonyl (C=O) groups excluding carboxylic acids is 1. The van der Waals surface area contributed by atoms with Crippen molar-refractivity contribution >= 4 is 46.4 Å². The minimum Gasteiger partial charge on any atom is -0.518 e. The van der Waals surface area contributed by atoms with Crippen molar-refractivity contribution in [1.82, 2.24) is 0 Å². The van der Waals surface area contributed by atoms with Gasteiger partial charge in [0.05, 0.1) is 21.1 Å². The fraction of sp³-hybridized carbons (Fsp3) is 0.583. The second-order valence-electron chi connectivity index (χ2n) is 21.7. The predicted octanol–water partition coefficient (Wildman–Crippen LogP) is 21.1. The van der Waals surface area contributed by atoms with E-state index in [2.05, 4.69) is 202 Å². The summed E-state index contributed by atoms with van der Waals surface area (Å²) >= 11 is 7.15. The van der Waals surface area contributed by atoms with Crippen molar-refractivity contribution in [3.63, 3.8) is 0 Å². The van der Waals surface area contributed by atoms with Gasteiger partial charge in [0.2, 0.25) is 0 Å². The first kappa shape index (κ1) is 63.3. The normalized spacial score (nSPS) is 14.5. The van der Waals surface area contributed by atoms with Crippen LogP contribution in [-0.2, 0) is 9.31 Å². The summed E-state index contributed by atoms with van der Waals surface area (Å²) in [4.78, 5) is 15.9. The Kier molecular flexibility index (Phi) is 30.7. The molecule has 0 spiro atoms. The third kappa shape index (κ3) is 25.9. The minimum atomic E-state index is -3.03. The highest BCUT2D eigenvalue weighted by Crippen LogP contribution is 2.54. The van der Waals surface area contributed by atoms with Crippen molar-refractivity contribution in [2.45, 2.75) is 224 Å². The molecule has 0 heterocycles. The van der Waals surface area contributed by atoms with Crippen LogP contribution in [0.4, 0.5) is 0 Å². The van der Waals surface area contributed by atoms with Crippen LogP contribution in [0.1, 0.15) is 224 Å². The molecule has 1 aromatic rings. The monoisotopic (exact) mass is 1080 g/mol. The van der Waals surface area contributed by atoms with Crippen molar-refractivity contribution < 1.29 is 23.8 Å². The van der Waals surface area contributed by atoms with E-state index in [1.807, 2.05) is 0 Å². The lowest BCUT2D eigenvalue weighted by Crippen LogP contribution is -2.60. The Labute approximate surface area is 435 Å². The number of benzene rings is 1. The standard InChI is InChI=1S/C60H94Br2O5Si/c1-45(2)25-17-26-46(3)27-18-28-47(4)29-19-30-48(5)31-20-32-49(6)33-21-34-50(7)35-22-36-51(8)37-23-38-52(9)39-24-40-53(10)41-42-65-68(59(11,12)13,60(14,15)16)67-57-55(61)43-54(44-56(57)62)58(63)66-64/h25,27,29,31,33,35,37,39,41,43-44,64H,17-24,26,28,30,32,34,36,38,40,42H2,1-16H3/b46-27+,47-29+,48-31+,49-33+,50-35+,51-37+,52-39+,53-41+. The van der Waals surface area contributed by atoms with Crippen LogP contribution >= 0.6 is 31.9 Å². The molecule has 8 heteroatoms. The maximum atomic E-state index is 12.0. The van der Waals surface area contributed by atoms with E-state index in [1.54, 1.807) is 12.1 Å². The lowest BCUT2D eigenvalue weighted by Gasteiger charge is -2.48. The van der Waals surface area contributed by atoms with Crippen LogP contribution in [0, 0.1) is 0 Å². The highest BCUT2D eigenvalue weighted by Gasteiger charge is 2.60. The van der Waals surface area contributed by atoms with Crippen LogP contribution < -0.4 is 4.43 Å². The van der Waals surface area contributed by atoms with Gasteiger partial charge < -0.3 is 8.85 Å². The molecule has 5 nitrogen and oxygen atoms in total. The van der Waals surface area contributed by atoms with Crippen LogP contribution in [0.3, 0.4) is 0 Å². The average Bonchev–Trinajstić information content (AvgIpc) is 3.22. The summed E-state index contributed by atoms with van der Waals surface area (Å²) in [5, 5.41) is 8.30. The van der Waals surface area contributed by atoms with Crippen molar-refractivity contribution in [3.8, 4) is 5.75 Å². The smallest absolute Gasteiger partial charge is 0.410 e. The van der Waals surface area contributed by atoms with E-state index in [0.29, 0.717) is 21.3 Å². The molecular formula is C60H94Br2O5Si. The summed E-state index contributed by atoms with van der Waals surface area (Å²) in [6.07, 6.45) is 39.5. The number of halogens is 2. The van der Waals surface area contributed by atoms with Gasteiger partial charge in [0.25, 0.3) is 0 Å². The quantitative estimate of drug-likeness (QED) is 0.0360. The zero-order chi connectivity index (χ0) is 51.5. The fourth-order valence-corrected chi connectivity index (χ4v) is 14.7. The van der Waals surface area contributed by atoms with E-state index in [0.717, 1.165) is 89.9 Å². The fourth-order valence-electron chi connectivity index (χ4n) is 8.40. The molecule has 382 valence electrons. The third-order valence-corrected chi connectivity index (χ3v) is 18.8. The molecule has 0 radical (unpaired) electrons. The van der Waals surface area contributed by atoms with Gasteiger partial charge in [-0.3, -0.25) is 4.89 Å². The zero-order valence-electron chi connectivity index (χ0n) is 45.7. The van der Waals surface area contributed by atoms with Gasteiger partial charge >= 0.3 is 14.5 Å². The van der Waals surface area contributed by atoms with Gasteiger partial charge in [-0.25, -0.2) is 4.79 Å². The molecule has 0 saturated heterocycles. The van der Waals surface area contributed by atoms with Crippen molar-refractivity contribution in [1.29, 1.82) is 0 Å². The predicted molar refractivity (Wildman–Crippen MR) is 305 cm³/mol. The number of allylic oxidation sites excluding steroid dienone is 17. The molecule has 1 rings (SSSR count).